The standard InChI is InChI=1S/C7H16N2.C7H6O3/c1-6-5-8(3)7(2)9(6)4;8-6-4-2-1-3-5(6)7(9)10/h6-7H,5H2,1-4H3;1-4,8H,(H,9,10). The highest BCUT2D eigenvalue weighted by atomic mass is 16.4. The third kappa shape index (κ3) is 3.94. The number of benzene rings is 1. The van der Waals surface area contributed by atoms with Gasteiger partial charge in [-0.1, -0.05) is 12.1 Å². The lowest BCUT2D eigenvalue weighted by atomic mass is 10.2. The van der Waals surface area contributed by atoms with Crippen LogP contribution in [-0.2, 0) is 0 Å². The van der Waals surface area contributed by atoms with Gasteiger partial charge in [0.1, 0.15) is 11.3 Å². The van der Waals surface area contributed by atoms with Crippen molar-refractivity contribution in [3.63, 3.8) is 0 Å². The number of rotatable bonds is 1. The molecular formula is C14H22N2O3. The normalized spacial score (nSPS) is 23.8. The molecule has 0 aliphatic carbocycles. The third-order valence-corrected chi connectivity index (χ3v) is 3.61. The van der Waals surface area contributed by atoms with Gasteiger partial charge in [-0.2, -0.15) is 0 Å². The first-order chi connectivity index (χ1) is 8.84. The number of hydrogen-bond donors (Lipinski definition) is 2. The molecule has 0 aromatic heterocycles. The highest BCUT2D eigenvalue weighted by molar-refractivity contribution is 5.90. The first kappa shape index (κ1) is 15.5. The van der Waals surface area contributed by atoms with Crippen LogP contribution in [-0.4, -0.2) is 58.8 Å². The Morgan fingerprint density at radius 1 is 1.26 bits per heavy atom. The molecule has 0 spiro atoms. The molecule has 2 unspecified atom stereocenters. The molecule has 19 heavy (non-hydrogen) atoms. The van der Waals surface area contributed by atoms with E-state index in [1.165, 1.54) is 18.7 Å². The summed E-state index contributed by atoms with van der Waals surface area (Å²) >= 11 is 0. The molecular weight excluding hydrogens is 244 g/mol. The lowest BCUT2D eigenvalue weighted by Crippen LogP contribution is -2.32. The molecule has 5 nitrogen and oxygen atoms in total. The number of para-hydroxylation sites is 1. The zero-order valence-corrected chi connectivity index (χ0v) is 11.9. The van der Waals surface area contributed by atoms with Crippen molar-refractivity contribution in [2.75, 3.05) is 20.6 Å². The van der Waals surface area contributed by atoms with Gasteiger partial charge in [0.25, 0.3) is 0 Å². The zero-order valence-electron chi connectivity index (χ0n) is 11.9. The molecule has 1 heterocycles. The molecule has 2 atom stereocenters. The monoisotopic (exact) mass is 266 g/mol. The Morgan fingerprint density at radius 3 is 2.11 bits per heavy atom. The molecule has 1 saturated heterocycles. The molecule has 0 amide bonds. The minimum Gasteiger partial charge on any atom is -0.507 e. The summed E-state index contributed by atoms with van der Waals surface area (Å²) in [6.07, 6.45) is 0.625. The number of nitrogens with zero attached hydrogens (tertiary/aromatic N) is 2. The number of phenols is 1. The van der Waals surface area contributed by atoms with E-state index in [0.29, 0.717) is 6.17 Å². The highest BCUT2D eigenvalue weighted by Gasteiger charge is 2.27. The van der Waals surface area contributed by atoms with Gasteiger partial charge >= 0.3 is 5.97 Å². The van der Waals surface area contributed by atoms with Crippen LogP contribution < -0.4 is 0 Å². The summed E-state index contributed by atoms with van der Waals surface area (Å²) in [6.45, 7) is 5.71. The predicted molar refractivity (Wildman–Crippen MR) is 74.4 cm³/mol. The Morgan fingerprint density at radius 2 is 1.84 bits per heavy atom. The van der Waals surface area contributed by atoms with Gasteiger partial charge in [0, 0.05) is 12.6 Å². The molecule has 5 heteroatoms. The quantitative estimate of drug-likeness (QED) is 0.810. The summed E-state index contributed by atoms with van der Waals surface area (Å²) in [6, 6.07) is 6.54. The second-order valence-corrected chi connectivity index (χ2v) is 4.91. The van der Waals surface area contributed by atoms with Crippen LogP contribution in [0.3, 0.4) is 0 Å². The molecule has 1 aliphatic heterocycles. The van der Waals surface area contributed by atoms with E-state index in [1.54, 1.807) is 12.1 Å². The van der Waals surface area contributed by atoms with Crippen LogP contribution in [0.4, 0.5) is 0 Å². The number of hydrogen-bond acceptors (Lipinski definition) is 4. The van der Waals surface area contributed by atoms with Crippen LogP contribution in [0.1, 0.15) is 24.2 Å². The Kier molecular flexibility index (Phi) is 5.32. The van der Waals surface area contributed by atoms with Crippen molar-refractivity contribution in [2.45, 2.75) is 26.1 Å². The Balaban J connectivity index is 0.000000191. The average Bonchev–Trinajstić information content (AvgIpc) is 2.57. The first-order valence-corrected chi connectivity index (χ1v) is 6.28. The average molecular weight is 266 g/mol. The summed E-state index contributed by atoms with van der Waals surface area (Å²) in [7, 11) is 4.35. The molecule has 0 saturated carbocycles. The summed E-state index contributed by atoms with van der Waals surface area (Å²) in [5.41, 5.74) is -0.0671. The number of carboxylic acid groups (broad SMARTS) is 1. The number of carbonyl (C=O) groups is 1. The molecule has 1 aromatic carbocycles. The largest absolute Gasteiger partial charge is 0.507 e. The van der Waals surface area contributed by atoms with Crippen LogP contribution in [0.5, 0.6) is 5.75 Å². The van der Waals surface area contributed by atoms with Crippen LogP contribution in [0.25, 0.3) is 0 Å². The molecule has 1 aromatic rings. The number of carboxylic acids is 1. The van der Waals surface area contributed by atoms with Crippen LogP contribution in [0, 0.1) is 0 Å². The molecule has 2 N–H and O–H groups in total. The lowest BCUT2D eigenvalue weighted by Gasteiger charge is -2.21. The molecule has 0 radical (unpaired) electrons. The van der Waals surface area contributed by atoms with Gasteiger partial charge in [0.15, 0.2) is 0 Å². The van der Waals surface area contributed by atoms with Crippen molar-refractivity contribution < 1.29 is 15.0 Å². The van der Waals surface area contributed by atoms with Gasteiger partial charge in [-0.3, -0.25) is 9.80 Å². The van der Waals surface area contributed by atoms with Crippen molar-refractivity contribution >= 4 is 5.97 Å². The Labute approximate surface area is 114 Å². The van der Waals surface area contributed by atoms with Crippen molar-refractivity contribution in [3.05, 3.63) is 29.8 Å². The van der Waals surface area contributed by atoms with Gasteiger partial charge in [-0.05, 0) is 40.1 Å². The maximum absolute atomic E-state index is 10.3. The Bertz CT molecular complexity index is 424. The SMILES string of the molecule is CC1CN(C)C(C)N1C.O=C(O)c1ccccc1O. The van der Waals surface area contributed by atoms with E-state index in [1.807, 2.05) is 0 Å². The summed E-state index contributed by atoms with van der Waals surface area (Å²) < 4.78 is 0. The lowest BCUT2D eigenvalue weighted by molar-refractivity contribution is 0.0693. The van der Waals surface area contributed by atoms with E-state index in [-0.39, 0.29) is 11.3 Å². The number of likely N-dealkylation sites (N-methyl/N-ethyl adjacent to an activating group) is 2. The third-order valence-electron chi connectivity index (χ3n) is 3.61. The smallest absolute Gasteiger partial charge is 0.339 e. The fraction of sp³-hybridized carbons (Fsp3) is 0.500. The van der Waals surface area contributed by atoms with Crippen molar-refractivity contribution in [2.24, 2.45) is 0 Å². The molecule has 1 aliphatic rings. The Hall–Kier alpha value is -1.59. The van der Waals surface area contributed by atoms with Crippen LogP contribution in [0.15, 0.2) is 24.3 Å². The molecule has 106 valence electrons. The zero-order chi connectivity index (χ0) is 14.6. The van der Waals surface area contributed by atoms with Gasteiger partial charge in [0.05, 0.1) is 6.17 Å². The van der Waals surface area contributed by atoms with E-state index in [0.717, 1.165) is 6.04 Å². The number of aromatic carboxylic acids is 1. The fourth-order valence-electron chi connectivity index (χ4n) is 2.03. The van der Waals surface area contributed by atoms with Crippen molar-refractivity contribution in [1.82, 2.24) is 9.80 Å². The van der Waals surface area contributed by atoms with E-state index < -0.39 is 5.97 Å². The van der Waals surface area contributed by atoms with E-state index in [9.17, 15) is 4.79 Å². The minimum absolute atomic E-state index is 0.0671. The van der Waals surface area contributed by atoms with Crippen molar-refractivity contribution in [3.8, 4) is 5.75 Å². The van der Waals surface area contributed by atoms with Gasteiger partial charge in [-0.15, -0.1) is 0 Å². The van der Waals surface area contributed by atoms with E-state index in [2.05, 4.69) is 37.7 Å². The van der Waals surface area contributed by atoms with E-state index >= 15 is 0 Å². The highest BCUT2D eigenvalue weighted by Crippen LogP contribution is 2.15. The first-order valence-electron chi connectivity index (χ1n) is 6.28. The molecule has 1 fully saturated rings. The van der Waals surface area contributed by atoms with Crippen LogP contribution >= 0.6 is 0 Å². The summed E-state index contributed by atoms with van der Waals surface area (Å²) in [4.78, 5) is 15.0. The second-order valence-electron chi connectivity index (χ2n) is 4.91. The number of aromatic hydroxyl groups is 1. The van der Waals surface area contributed by atoms with E-state index in [4.69, 9.17) is 10.2 Å². The maximum atomic E-state index is 10.3. The fourth-order valence-corrected chi connectivity index (χ4v) is 2.03. The predicted octanol–water partition coefficient (Wildman–Crippen LogP) is 1.69. The van der Waals surface area contributed by atoms with Gasteiger partial charge in [-0.25, -0.2) is 4.79 Å². The maximum Gasteiger partial charge on any atom is 0.339 e. The minimum atomic E-state index is -1.11. The summed E-state index contributed by atoms with van der Waals surface area (Å²) in [5, 5.41) is 17.3. The second kappa shape index (κ2) is 6.54. The molecule has 0 bridgehead atoms. The van der Waals surface area contributed by atoms with Crippen molar-refractivity contribution in [1.29, 1.82) is 0 Å². The topological polar surface area (TPSA) is 64.0 Å². The summed E-state index contributed by atoms with van der Waals surface area (Å²) in [5.74, 6) is -1.31. The van der Waals surface area contributed by atoms with Gasteiger partial charge < -0.3 is 10.2 Å². The molecule has 2 rings (SSSR count). The van der Waals surface area contributed by atoms with Gasteiger partial charge in [0.2, 0.25) is 0 Å². The van der Waals surface area contributed by atoms with Crippen LogP contribution in [0.2, 0.25) is 0 Å².